The van der Waals surface area contributed by atoms with Gasteiger partial charge in [0.25, 0.3) is 0 Å². The molecule has 2 saturated carbocycles. The number of carbonyl (C=O) groups is 1. The van der Waals surface area contributed by atoms with Crippen molar-refractivity contribution in [1.29, 1.82) is 0 Å². The van der Waals surface area contributed by atoms with Gasteiger partial charge in [0.15, 0.2) is 0 Å². The van der Waals surface area contributed by atoms with Crippen molar-refractivity contribution >= 4 is 5.97 Å². The molecule has 0 amide bonds. The molecule has 0 spiro atoms. The lowest BCUT2D eigenvalue weighted by molar-refractivity contribution is -0.192. The molecule has 0 aromatic carbocycles. The predicted molar refractivity (Wildman–Crippen MR) is 97.1 cm³/mol. The van der Waals surface area contributed by atoms with E-state index in [1.54, 1.807) is 0 Å². The molecule has 0 radical (unpaired) electrons. The number of esters is 1. The Hall–Kier alpha value is -0.610. The minimum absolute atomic E-state index is 0.0212. The summed E-state index contributed by atoms with van der Waals surface area (Å²) in [5, 5.41) is 11.6. The van der Waals surface area contributed by atoms with Crippen LogP contribution >= 0.6 is 0 Å². The lowest BCUT2D eigenvalue weighted by Gasteiger charge is -2.59. The van der Waals surface area contributed by atoms with Crippen molar-refractivity contribution in [2.75, 3.05) is 13.2 Å². The minimum atomic E-state index is -0.660. The minimum Gasteiger partial charge on any atom is -0.462 e. The Morgan fingerprint density at radius 2 is 1.92 bits per heavy atom. The lowest BCUT2D eigenvalue weighted by Crippen LogP contribution is -2.61. The van der Waals surface area contributed by atoms with E-state index in [4.69, 9.17) is 9.47 Å². The van der Waals surface area contributed by atoms with E-state index in [2.05, 4.69) is 13.8 Å². The van der Waals surface area contributed by atoms with Gasteiger partial charge in [-0.15, -0.1) is 0 Å². The van der Waals surface area contributed by atoms with Crippen LogP contribution in [0.2, 0.25) is 0 Å². The van der Waals surface area contributed by atoms with E-state index in [1.807, 2.05) is 13.8 Å². The predicted octanol–water partition coefficient (Wildman–Crippen LogP) is 4.09. The van der Waals surface area contributed by atoms with Crippen molar-refractivity contribution in [2.24, 2.45) is 22.7 Å². The van der Waals surface area contributed by atoms with Crippen LogP contribution in [0.25, 0.3) is 0 Å². The molecular formula is C21H36O4. The fraction of sp³-hybridized carbons (Fsp3) is 0.952. The molecule has 4 fully saturated rings. The summed E-state index contributed by atoms with van der Waals surface area (Å²) in [5.41, 5.74) is -1.25. The summed E-state index contributed by atoms with van der Waals surface area (Å²) < 4.78 is 11.2. The molecule has 4 nitrogen and oxygen atoms in total. The summed E-state index contributed by atoms with van der Waals surface area (Å²) in [6.45, 7) is 10.0. The molecule has 4 heteroatoms. The van der Waals surface area contributed by atoms with Gasteiger partial charge in [0.05, 0.1) is 11.0 Å². The van der Waals surface area contributed by atoms with E-state index < -0.39 is 5.60 Å². The van der Waals surface area contributed by atoms with Gasteiger partial charge in [-0.25, -0.2) is 0 Å². The molecule has 0 bridgehead atoms. The van der Waals surface area contributed by atoms with Gasteiger partial charge in [0, 0.05) is 24.5 Å². The third-order valence-electron chi connectivity index (χ3n) is 7.76. The zero-order chi connectivity index (χ0) is 18.3. The van der Waals surface area contributed by atoms with E-state index >= 15 is 0 Å². The van der Waals surface area contributed by atoms with Crippen LogP contribution in [0.4, 0.5) is 0 Å². The monoisotopic (exact) mass is 352 g/mol. The van der Waals surface area contributed by atoms with Gasteiger partial charge in [0.1, 0.15) is 6.10 Å². The largest absolute Gasteiger partial charge is 0.462 e. The molecule has 4 aliphatic rings. The van der Waals surface area contributed by atoms with Gasteiger partial charge in [-0.1, -0.05) is 27.2 Å². The van der Waals surface area contributed by atoms with Crippen LogP contribution in [-0.2, 0) is 14.3 Å². The smallest absolute Gasteiger partial charge is 0.312 e. The summed E-state index contributed by atoms with van der Waals surface area (Å²) in [6, 6.07) is 0. The average molecular weight is 353 g/mol. The highest BCUT2D eigenvalue weighted by atomic mass is 16.6. The molecule has 0 aromatic rings. The number of rotatable bonds is 3. The molecule has 144 valence electrons. The van der Waals surface area contributed by atoms with Crippen LogP contribution in [0.5, 0.6) is 0 Å². The van der Waals surface area contributed by atoms with Crippen LogP contribution in [0.1, 0.15) is 79.1 Å². The van der Waals surface area contributed by atoms with Crippen LogP contribution in [0.15, 0.2) is 0 Å². The fourth-order valence-electron chi connectivity index (χ4n) is 6.31. The topological polar surface area (TPSA) is 55.8 Å². The van der Waals surface area contributed by atoms with Gasteiger partial charge in [0.2, 0.25) is 0 Å². The van der Waals surface area contributed by atoms with Crippen LogP contribution in [0, 0.1) is 22.7 Å². The van der Waals surface area contributed by atoms with Crippen molar-refractivity contribution < 1.29 is 19.4 Å². The second-order valence-corrected chi connectivity index (χ2v) is 8.95. The molecule has 0 aromatic heterocycles. The number of hydrogen-bond acceptors (Lipinski definition) is 4. The highest BCUT2D eigenvalue weighted by Crippen LogP contribution is 2.65. The summed E-state index contributed by atoms with van der Waals surface area (Å²) in [6.07, 6.45) is 7.54. The molecule has 4 rings (SSSR count). The van der Waals surface area contributed by atoms with Crippen molar-refractivity contribution in [1.82, 2.24) is 0 Å². The molecule has 2 aliphatic heterocycles. The maximum absolute atomic E-state index is 12.5. The van der Waals surface area contributed by atoms with E-state index in [-0.39, 0.29) is 28.8 Å². The Balaban J connectivity index is 0.000000880. The Bertz CT molecular complexity index is 500. The van der Waals surface area contributed by atoms with E-state index in [0.29, 0.717) is 5.92 Å². The van der Waals surface area contributed by atoms with E-state index in [0.717, 1.165) is 64.6 Å². The highest BCUT2D eigenvalue weighted by Gasteiger charge is 2.69. The van der Waals surface area contributed by atoms with E-state index in [1.165, 1.54) is 0 Å². The summed E-state index contributed by atoms with van der Waals surface area (Å²) in [4.78, 5) is 12.5. The summed E-state index contributed by atoms with van der Waals surface area (Å²) in [7, 11) is 0. The molecule has 25 heavy (non-hydrogen) atoms. The third-order valence-corrected chi connectivity index (χ3v) is 7.76. The Morgan fingerprint density at radius 1 is 1.16 bits per heavy atom. The van der Waals surface area contributed by atoms with Crippen molar-refractivity contribution in [3.8, 4) is 0 Å². The zero-order valence-corrected chi connectivity index (χ0v) is 16.5. The molecule has 2 unspecified atom stereocenters. The lowest BCUT2D eigenvalue weighted by atomic mass is 9.46. The van der Waals surface area contributed by atoms with Crippen molar-refractivity contribution in [3.05, 3.63) is 0 Å². The van der Waals surface area contributed by atoms with Gasteiger partial charge >= 0.3 is 5.97 Å². The van der Waals surface area contributed by atoms with E-state index in [9.17, 15) is 9.90 Å². The first kappa shape index (κ1) is 19.2. The second-order valence-electron chi connectivity index (χ2n) is 8.95. The maximum Gasteiger partial charge on any atom is 0.312 e. The summed E-state index contributed by atoms with van der Waals surface area (Å²) >= 11 is 0. The van der Waals surface area contributed by atoms with Crippen molar-refractivity contribution in [2.45, 2.75) is 90.8 Å². The number of ether oxygens (including phenoxy) is 2. The Kier molecular flexibility index (Phi) is 5.25. The molecular weight excluding hydrogens is 316 g/mol. The Labute approximate surface area is 152 Å². The first-order chi connectivity index (χ1) is 11.9. The van der Waals surface area contributed by atoms with Crippen LogP contribution in [0.3, 0.4) is 0 Å². The molecule has 6 atom stereocenters. The zero-order valence-electron chi connectivity index (χ0n) is 16.5. The normalized spacial score (nSPS) is 48.4. The van der Waals surface area contributed by atoms with Gasteiger partial charge in [-0.3, -0.25) is 4.79 Å². The molecule has 2 aliphatic carbocycles. The second kappa shape index (κ2) is 6.84. The fourth-order valence-corrected chi connectivity index (χ4v) is 6.31. The maximum atomic E-state index is 12.5. The quantitative estimate of drug-likeness (QED) is 0.777. The molecule has 2 heterocycles. The van der Waals surface area contributed by atoms with Crippen LogP contribution in [-0.4, -0.2) is 36.0 Å². The number of carbonyl (C=O) groups excluding carboxylic acids is 1. The molecule has 2 saturated heterocycles. The SMILES string of the molecule is CC.C[C@]12CCC[C@]3(C)C1[C@@H](CC[C@]3(O)CCC1CCOC1)OC2=O. The van der Waals surface area contributed by atoms with Crippen molar-refractivity contribution in [3.63, 3.8) is 0 Å². The standard InChI is InChI=1S/C19H30O4.C2H6/c1-17-7-3-8-18(2)15(17)14(23-16(17)20)5-10-19(18,21)9-4-13-6-11-22-12-13;1-2/h13-15,21H,3-12H2,1-2H3;1-2H3/t13?,14-,15?,17+,18-,19-;/m1./s1. The highest BCUT2D eigenvalue weighted by molar-refractivity contribution is 5.80. The first-order valence-corrected chi connectivity index (χ1v) is 10.4. The van der Waals surface area contributed by atoms with Crippen LogP contribution < -0.4 is 0 Å². The number of aliphatic hydroxyl groups is 1. The Morgan fingerprint density at radius 3 is 2.60 bits per heavy atom. The first-order valence-electron chi connectivity index (χ1n) is 10.4. The third kappa shape index (κ3) is 2.84. The average Bonchev–Trinajstić information content (AvgIpc) is 3.20. The van der Waals surface area contributed by atoms with Gasteiger partial charge in [-0.05, 0) is 57.8 Å². The van der Waals surface area contributed by atoms with Gasteiger partial charge in [-0.2, -0.15) is 0 Å². The van der Waals surface area contributed by atoms with Gasteiger partial charge < -0.3 is 14.6 Å². The number of hydrogen-bond donors (Lipinski definition) is 1. The molecule has 1 N–H and O–H groups in total. The summed E-state index contributed by atoms with van der Waals surface area (Å²) in [5.74, 6) is 0.749.